The molecule has 0 heterocycles. The summed E-state index contributed by atoms with van der Waals surface area (Å²) in [5, 5.41) is 3.50. The molecule has 0 unspecified atom stereocenters. The number of halogens is 2. The van der Waals surface area contributed by atoms with Crippen LogP contribution in [0.2, 0.25) is 0 Å². The molecule has 2 aromatic carbocycles. The van der Waals surface area contributed by atoms with Crippen LogP contribution < -0.4 is 10.1 Å². The van der Waals surface area contributed by atoms with Crippen molar-refractivity contribution in [3.8, 4) is 5.75 Å². The molecule has 0 radical (unpaired) electrons. The van der Waals surface area contributed by atoms with Gasteiger partial charge in [-0.1, -0.05) is 22.0 Å². The van der Waals surface area contributed by atoms with E-state index in [0.29, 0.717) is 0 Å². The van der Waals surface area contributed by atoms with Crippen LogP contribution in [0.1, 0.15) is 23.1 Å². The zero-order valence-electron chi connectivity index (χ0n) is 11.9. The second kappa shape index (κ2) is 6.41. The van der Waals surface area contributed by atoms with Gasteiger partial charge in [0.15, 0.2) is 0 Å². The summed E-state index contributed by atoms with van der Waals surface area (Å²) in [6, 6.07) is 10.8. The third-order valence-corrected chi connectivity index (χ3v) is 4.92. The van der Waals surface area contributed by atoms with Crippen molar-refractivity contribution in [3.63, 3.8) is 0 Å². The van der Waals surface area contributed by atoms with E-state index in [0.717, 1.165) is 26.8 Å². The molecule has 0 saturated carbocycles. The third kappa shape index (κ3) is 3.27. The fourth-order valence-electron chi connectivity index (χ4n) is 2.85. The summed E-state index contributed by atoms with van der Waals surface area (Å²) in [5.41, 5.74) is 5.29. The first-order valence-corrected chi connectivity index (χ1v) is 8.63. The summed E-state index contributed by atoms with van der Waals surface area (Å²) in [4.78, 5) is 0. The third-order valence-electron chi connectivity index (χ3n) is 3.87. The smallest absolute Gasteiger partial charge is 0.138 e. The second-order valence-corrected chi connectivity index (χ2v) is 7.04. The van der Waals surface area contributed by atoms with Crippen LogP contribution in [0.15, 0.2) is 39.3 Å². The number of hydrogen-bond donors (Lipinski definition) is 1. The Morgan fingerprint density at radius 1 is 1.10 bits per heavy atom. The molecule has 110 valence electrons. The first-order chi connectivity index (χ1) is 10.2. The number of ether oxygens (including phenoxy) is 1. The fourth-order valence-corrected chi connectivity index (χ4v) is 4.33. The highest BCUT2D eigenvalue weighted by molar-refractivity contribution is 9.11. The molecule has 0 bridgehead atoms. The molecule has 0 aromatic heterocycles. The van der Waals surface area contributed by atoms with E-state index in [1.165, 1.54) is 36.1 Å². The SMILES string of the molecule is COc1c(Br)cc(Br)cc1CNc1ccc2c(c1)CCC2. The Kier molecular flexibility index (Phi) is 4.55. The van der Waals surface area contributed by atoms with Crippen LogP contribution in [0.5, 0.6) is 5.75 Å². The van der Waals surface area contributed by atoms with Gasteiger partial charge < -0.3 is 10.1 Å². The Morgan fingerprint density at radius 2 is 1.90 bits per heavy atom. The van der Waals surface area contributed by atoms with E-state index < -0.39 is 0 Å². The van der Waals surface area contributed by atoms with Crippen LogP contribution in [0.4, 0.5) is 5.69 Å². The lowest BCUT2D eigenvalue weighted by atomic mass is 10.1. The molecule has 1 N–H and O–H groups in total. The lowest BCUT2D eigenvalue weighted by Crippen LogP contribution is -2.03. The number of aryl methyl sites for hydroxylation is 2. The Balaban J connectivity index is 1.79. The lowest BCUT2D eigenvalue weighted by molar-refractivity contribution is 0.407. The van der Waals surface area contributed by atoms with Gasteiger partial charge in [-0.15, -0.1) is 0 Å². The van der Waals surface area contributed by atoms with Gasteiger partial charge in [0.05, 0.1) is 11.6 Å². The van der Waals surface area contributed by atoms with E-state index in [1.54, 1.807) is 7.11 Å². The lowest BCUT2D eigenvalue weighted by Gasteiger charge is -2.13. The number of methoxy groups -OCH3 is 1. The predicted molar refractivity (Wildman–Crippen MR) is 94.2 cm³/mol. The first-order valence-electron chi connectivity index (χ1n) is 7.05. The molecular formula is C17H17Br2NO. The van der Waals surface area contributed by atoms with Crippen LogP contribution in [-0.2, 0) is 19.4 Å². The number of fused-ring (bicyclic) bond motifs is 1. The van der Waals surface area contributed by atoms with Crippen molar-refractivity contribution in [2.75, 3.05) is 12.4 Å². The van der Waals surface area contributed by atoms with Crippen molar-refractivity contribution in [3.05, 3.63) is 56.0 Å². The van der Waals surface area contributed by atoms with Crippen LogP contribution in [0, 0.1) is 0 Å². The predicted octanol–water partition coefficient (Wildman–Crippen LogP) is 5.32. The Morgan fingerprint density at radius 3 is 2.71 bits per heavy atom. The van der Waals surface area contributed by atoms with E-state index >= 15 is 0 Å². The molecule has 2 aromatic rings. The summed E-state index contributed by atoms with van der Waals surface area (Å²) in [6.07, 6.45) is 3.71. The first kappa shape index (κ1) is 14.9. The minimum Gasteiger partial charge on any atom is -0.495 e. The summed E-state index contributed by atoms with van der Waals surface area (Å²) in [5.74, 6) is 0.881. The zero-order valence-corrected chi connectivity index (χ0v) is 15.1. The highest BCUT2D eigenvalue weighted by atomic mass is 79.9. The molecule has 3 rings (SSSR count). The Labute approximate surface area is 142 Å². The summed E-state index contributed by atoms with van der Waals surface area (Å²) < 4.78 is 7.49. The summed E-state index contributed by atoms with van der Waals surface area (Å²) >= 11 is 7.07. The second-order valence-electron chi connectivity index (χ2n) is 5.27. The monoisotopic (exact) mass is 409 g/mol. The summed E-state index contributed by atoms with van der Waals surface area (Å²) in [7, 11) is 1.70. The Hall–Kier alpha value is -1.00. The largest absolute Gasteiger partial charge is 0.495 e. The molecule has 0 spiro atoms. The average Bonchev–Trinajstić information content (AvgIpc) is 2.92. The number of anilines is 1. The van der Waals surface area contributed by atoms with Gasteiger partial charge in [-0.3, -0.25) is 0 Å². The van der Waals surface area contributed by atoms with Gasteiger partial charge in [0.25, 0.3) is 0 Å². The molecule has 0 amide bonds. The van der Waals surface area contributed by atoms with Gasteiger partial charge in [0.2, 0.25) is 0 Å². The molecule has 0 fully saturated rings. The number of nitrogens with one attached hydrogen (secondary N) is 1. The van der Waals surface area contributed by atoms with Crippen molar-refractivity contribution < 1.29 is 4.74 Å². The van der Waals surface area contributed by atoms with Crippen molar-refractivity contribution in [1.82, 2.24) is 0 Å². The maximum Gasteiger partial charge on any atom is 0.138 e. The average molecular weight is 411 g/mol. The number of rotatable bonds is 4. The van der Waals surface area contributed by atoms with Crippen molar-refractivity contribution >= 4 is 37.5 Å². The van der Waals surface area contributed by atoms with E-state index in [1.807, 2.05) is 6.07 Å². The summed E-state index contributed by atoms with van der Waals surface area (Å²) in [6.45, 7) is 0.736. The molecule has 2 nitrogen and oxygen atoms in total. The van der Waals surface area contributed by atoms with E-state index in [-0.39, 0.29) is 0 Å². The van der Waals surface area contributed by atoms with Crippen molar-refractivity contribution in [2.24, 2.45) is 0 Å². The van der Waals surface area contributed by atoms with Crippen molar-refractivity contribution in [2.45, 2.75) is 25.8 Å². The topological polar surface area (TPSA) is 21.3 Å². The highest BCUT2D eigenvalue weighted by Gasteiger charge is 2.12. The molecule has 0 aliphatic heterocycles. The van der Waals surface area contributed by atoms with Crippen molar-refractivity contribution in [1.29, 1.82) is 0 Å². The standard InChI is InChI=1S/C17H17Br2NO/c1-21-17-13(7-14(18)9-16(17)19)10-20-15-6-5-11-3-2-4-12(11)8-15/h5-9,20H,2-4,10H2,1H3. The van der Waals surface area contributed by atoms with Gasteiger partial charge >= 0.3 is 0 Å². The maximum absolute atomic E-state index is 5.49. The Bertz CT molecular complexity index is 670. The molecule has 0 atom stereocenters. The minimum atomic E-state index is 0.736. The molecule has 4 heteroatoms. The van der Waals surface area contributed by atoms with E-state index in [4.69, 9.17) is 4.74 Å². The van der Waals surface area contributed by atoms with Gasteiger partial charge in [0, 0.05) is 22.3 Å². The number of benzene rings is 2. The van der Waals surface area contributed by atoms with Gasteiger partial charge in [-0.05, 0) is 70.6 Å². The molecule has 0 saturated heterocycles. The highest BCUT2D eigenvalue weighted by Crippen LogP contribution is 2.33. The van der Waals surface area contributed by atoms with Crippen LogP contribution >= 0.6 is 31.9 Å². The molecule has 21 heavy (non-hydrogen) atoms. The van der Waals surface area contributed by atoms with Crippen LogP contribution in [0.25, 0.3) is 0 Å². The molecule has 1 aliphatic carbocycles. The van der Waals surface area contributed by atoms with Gasteiger partial charge in [-0.25, -0.2) is 0 Å². The van der Waals surface area contributed by atoms with Gasteiger partial charge in [-0.2, -0.15) is 0 Å². The zero-order chi connectivity index (χ0) is 14.8. The van der Waals surface area contributed by atoms with Crippen LogP contribution in [-0.4, -0.2) is 7.11 Å². The molecular weight excluding hydrogens is 394 g/mol. The minimum absolute atomic E-state index is 0.736. The molecule has 1 aliphatic rings. The van der Waals surface area contributed by atoms with E-state index in [9.17, 15) is 0 Å². The van der Waals surface area contributed by atoms with Crippen LogP contribution in [0.3, 0.4) is 0 Å². The normalized spacial score (nSPS) is 13.1. The quantitative estimate of drug-likeness (QED) is 0.736. The van der Waals surface area contributed by atoms with Gasteiger partial charge in [0.1, 0.15) is 5.75 Å². The fraction of sp³-hybridized carbons (Fsp3) is 0.294. The number of hydrogen-bond acceptors (Lipinski definition) is 2. The maximum atomic E-state index is 5.49. The van der Waals surface area contributed by atoms with E-state index in [2.05, 4.69) is 61.4 Å².